The summed E-state index contributed by atoms with van der Waals surface area (Å²) < 4.78 is 27.9. The lowest BCUT2D eigenvalue weighted by Gasteiger charge is -2.28. The molecule has 35 heavy (non-hydrogen) atoms. The molecule has 1 aliphatic heterocycles. The number of ether oxygens (including phenoxy) is 2. The van der Waals surface area contributed by atoms with E-state index in [1.165, 1.54) is 12.1 Å². The van der Waals surface area contributed by atoms with Crippen molar-refractivity contribution in [3.8, 4) is 22.6 Å². The minimum atomic E-state index is -0.624. The van der Waals surface area contributed by atoms with Crippen molar-refractivity contribution in [3.05, 3.63) is 58.6 Å². The van der Waals surface area contributed by atoms with E-state index in [9.17, 15) is 9.59 Å². The third kappa shape index (κ3) is 5.56. The van der Waals surface area contributed by atoms with Gasteiger partial charge in [-0.25, -0.2) is 4.39 Å². The average Bonchev–Trinajstić information content (AvgIpc) is 2.86. The van der Waals surface area contributed by atoms with E-state index in [0.717, 1.165) is 32.4 Å². The van der Waals surface area contributed by atoms with Crippen LogP contribution >= 0.6 is 0 Å². The van der Waals surface area contributed by atoms with E-state index in [0.29, 0.717) is 47.1 Å². The summed E-state index contributed by atoms with van der Waals surface area (Å²) >= 11 is 0. The molecule has 0 aliphatic carbocycles. The van der Waals surface area contributed by atoms with Crippen molar-refractivity contribution < 1.29 is 18.7 Å². The van der Waals surface area contributed by atoms with Crippen LogP contribution in [0.5, 0.6) is 11.5 Å². The van der Waals surface area contributed by atoms with Crippen molar-refractivity contribution in [3.63, 3.8) is 0 Å². The number of rotatable bonds is 9. The first-order chi connectivity index (χ1) is 16.9. The second kappa shape index (κ2) is 11.0. The van der Waals surface area contributed by atoms with Gasteiger partial charge in [0.05, 0.1) is 31.2 Å². The molecule has 0 spiro atoms. The molecule has 1 saturated heterocycles. The Morgan fingerprint density at radius 2 is 1.83 bits per heavy atom. The van der Waals surface area contributed by atoms with E-state index in [1.54, 1.807) is 42.1 Å². The highest BCUT2D eigenvalue weighted by Gasteiger charge is 2.22. The molecular formula is C28H33FN2O4. The van der Waals surface area contributed by atoms with E-state index in [1.807, 2.05) is 6.92 Å². The highest BCUT2D eigenvalue weighted by Crippen LogP contribution is 2.30. The number of hydrogen-bond acceptors (Lipinski definition) is 5. The Morgan fingerprint density at radius 1 is 1.11 bits per heavy atom. The van der Waals surface area contributed by atoms with Crippen LogP contribution in [0.25, 0.3) is 22.0 Å². The number of hydrogen-bond donors (Lipinski definition) is 0. The van der Waals surface area contributed by atoms with Crippen molar-refractivity contribution in [1.29, 1.82) is 0 Å². The largest absolute Gasteiger partial charge is 0.497 e. The average molecular weight is 481 g/mol. The van der Waals surface area contributed by atoms with Crippen LogP contribution in [0.1, 0.15) is 32.6 Å². The van der Waals surface area contributed by atoms with E-state index < -0.39 is 11.2 Å². The molecule has 0 unspecified atom stereocenters. The first kappa shape index (κ1) is 24.9. The molecule has 4 rings (SSSR count). The van der Waals surface area contributed by atoms with Gasteiger partial charge in [-0.15, -0.1) is 0 Å². The van der Waals surface area contributed by atoms with E-state index in [-0.39, 0.29) is 17.7 Å². The molecule has 0 atom stereocenters. The Labute approximate surface area is 205 Å². The first-order valence-electron chi connectivity index (χ1n) is 12.2. The Kier molecular flexibility index (Phi) is 7.86. The molecule has 7 heteroatoms. The number of aromatic nitrogens is 1. The molecule has 0 amide bonds. The molecule has 0 bridgehead atoms. The predicted molar refractivity (Wildman–Crippen MR) is 136 cm³/mol. The summed E-state index contributed by atoms with van der Waals surface area (Å²) in [5.41, 5.74) is 0.869. The van der Waals surface area contributed by atoms with Crippen molar-refractivity contribution in [2.45, 2.75) is 39.2 Å². The van der Waals surface area contributed by atoms with Gasteiger partial charge in [-0.05, 0) is 75.1 Å². The smallest absolute Gasteiger partial charge is 0.200 e. The number of fused-ring (bicyclic) bond motifs is 1. The van der Waals surface area contributed by atoms with Crippen molar-refractivity contribution in [1.82, 2.24) is 9.47 Å². The lowest BCUT2D eigenvalue weighted by molar-refractivity contribution is -0.120. The van der Waals surface area contributed by atoms with Gasteiger partial charge in [0.1, 0.15) is 17.3 Å². The van der Waals surface area contributed by atoms with Crippen LogP contribution in [0.15, 0.2) is 47.4 Å². The maximum Gasteiger partial charge on any atom is 0.200 e. The number of piperidine rings is 1. The number of methoxy groups -OCH3 is 1. The van der Waals surface area contributed by atoms with Crippen molar-refractivity contribution >= 4 is 16.7 Å². The first-order valence-corrected chi connectivity index (χ1v) is 12.2. The SMILES string of the molecule is CCCOc1ccc(F)c2c(=O)c(-c3ccc(OC)cc3)cn(CC(=O)CC3CCN(C)CC3)c12. The minimum absolute atomic E-state index is 0.0538. The van der Waals surface area contributed by atoms with Gasteiger partial charge in [0, 0.05) is 18.2 Å². The number of halogens is 1. The van der Waals surface area contributed by atoms with Gasteiger partial charge in [0.2, 0.25) is 0 Å². The van der Waals surface area contributed by atoms with Crippen LogP contribution in [-0.4, -0.2) is 49.1 Å². The molecule has 2 heterocycles. The molecule has 1 fully saturated rings. The molecule has 6 nitrogen and oxygen atoms in total. The summed E-state index contributed by atoms with van der Waals surface area (Å²) in [6.45, 7) is 4.43. The molecular weight excluding hydrogens is 447 g/mol. The topological polar surface area (TPSA) is 60.8 Å². The van der Waals surface area contributed by atoms with Crippen LogP contribution in [0.3, 0.4) is 0 Å². The maximum atomic E-state index is 15.1. The zero-order valence-electron chi connectivity index (χ0n) is 20.7. The lowest BCUT2D eigenvalue weighted by atomic mass is 9.92. The minimum Gasteiger partial charge on any atom is -0.497 e. The monoisotopic (exact) mass is 480 g/mol. The van der Waals surface area contributed by atoms with Gasteiger partial charge in [-0.2, -0.15) is 0 Å². The standard InChI is InChI=1S/C28H33FN2O4/c1-4-15-35-25-10-9-24(29)26-27(25)31(17-21(32)16-19-11-13-30(2)14-12-19)18-23(28(26)33)20-5-7-22(34-3)8-6-20/h5-10,18-19H,4,11-17H2,1-3H3. The molecule has 0 N–H and O–H groups in total. The van der Waals surface area contributed by atoms with Crippen LogP contribution in [-0.2, 0) is 11.3 Å². The van der Waals surface area contributed by atoms with Crippen LogP contribution in [0.4, 0.5) is 4.39 Å². The van der Waals surface area contributed by atoms with E-state index in [4.69, 9.17) is 9.47 Å². The molecule has 2 aromatic carbocycles. The summed E-state index contributed by atoms with van der Waals surface area (Å²) in [5.74, 6) is 0.855. The fourth-order valence-corrected chi connectivity index (χ4v) is 4.73. The normalized spacial score (nSPS) is 14.9. The Hall–Kier alpha value is -3.19. The fourth-order valence-electron chi connectivity index (χ4n) is 4.73. The van der Waals surface area contributed by atoms with E-state index in [2.05, 4.69) is 11.9 Å². The Balaban J connectivity index is 1.79. The molecule has 1 aromatic heterocycles. The van der Waals surface area contributed by atoms with Gasteiger partial charge >= 0.3 is 0 Å². The van der Waals surface area contributed by atoms with Crippen molar-refractivity contribution in [2.75, 3.05) is 33.9 Å². The summed E-state index contributed by atoms with van der Waals surface area (Å²) in [6.07, 6.45) is 4.88. The fraction of sp³-hybridized carbons (Fsp3) is 0.429. The Morgan fingerprint density at radius 3 is 2.49 bits per heavy atom. The quantitative estimate of drug-likeness (QED) is 0.436. The molecule has 0 saturated carbocycles. The summed E-state index contributed by atoms with van der Waals surface area (Å²) in [7, 11) is 3.67. The van der Waals surface area contributed by atoms with Gasteiger partial charge < -0.3 is 18.9 Å². The second-order valence-corrected chi connectivity index (χ2v) is 9.34. The highest BCUT2D eigenvalue weighted by molar-refractivity contribution is 5.91. The molecule has 3 aromatic rings. The van der Waals surface area contributed by atoms with Crippen LogP contribution in [0.2, 0.25) is 0 Å². The maximum absolute atomic E-state index is 15.1. The van der Waals surface area contributed by atoms with Gasteiger partial charge in [-0.3, -0.25) is 9.59 Å². The third-order valence-corrected chi connectivity index (χ3v) is 6.70. The highest BCUT2D eigenvalue weighted by atomic mass is 19.1. The molecule has 186 valence electrons. The zero-order chi connectivity index (χ0) is 24.9. The van der Waals surface area contributed by atoms with E-state index >= 15 is 4.39 Å². The third-order valence-electron chi connectivity index (χ3n) is 6.70. The number of ketones is 1. The summed E-state index contributed by atoms with van der Waals surface area (Å²) in [5, 5.41) is -0.0565. The second-order valence-electron chi connectivity index (χ2n) is 9.34. The molecule has 1 aliphatic rings. The van der Waals surface area contributed by atoms with Crippen molar-refractivity contribution in [2.24, 2.45) is 5.92 Å². The number of likely N-dealkylation sites (tertiary alicyclic amines) is 1. The van der Waals surface area contributed by atoms with Gasteiger partial charge in [0.25, 0.3) is 0 Å². The Bertz CT molecular complexity index is 1240. The van der Waals surface area contributed by atoms with Gasteiger partial charge in [0.15, 0.2) is 11.2 Å². The summed E-state index contributed by atoms with van der Waals surface area (Å²) in [4.78, 5) is 28.9. The summed E-state index contributed by atoms with van der Waals surface area (Å²) in [6, 6.07) is 9.84. The lowest BCUT2D eigenvalue weighted by Crippen LogP contribution is -2.31. The number of pyridine rings is 1. The number of Topliss-reactive ketones (excluding diaryl/α,β-unsaturated/α-hetero) is 1. The van der Waals surface area contributed by atoms with Gasteiger partial charge in [-0.1, -0.05) is 19.1 Å². The molecule has 0 radical (unpaired) electrons. The van der Waals surface area contributed by atoms with Crippen LogP contribution < -0.4 is 14.9 Å². The number of carbonyl (C=O) groups is 1. The number of benzene rings is 2. The van der Waals surface area contributed by atoms with Crippen LogP contribution in [0, 0.1) is 11.7 Å². The predicted octanol–water partition coefficient (Wildman–Crippen LogP) is 4.91. The number of nitrogens with zero attached hydrogens (tertiary/aromatic N) is 2. The number of carbonyl (C=O) groups excluding carboxylic acids is 1. The zero-order valence-corrected chi connectivity index (χ0v) is 20.7.